The molecule has 0 aromatic heterocycles. The number of nitrogens with zero attached hydrogens (tertiary/aromatic N) is 2. The van der Waals surface area contributed by atoms with E-state index in [1.807, 2.05) is 22.6 Å². The molecule has 2 amide bonds. The van der Waals surface area contributed by atoms with E-state index in [2.05, 4.69) is 15.8 Å². The minimum absolute atomic E-state index is 0.157. The summed E-state index contributed by atoms with van der Waals surface area (Å²) >= 11 is 1.88. The number of halogens is 4. The van der Waals surface area contributed by atoms with Crippen molar-refractivity contribution in [1.29, 1.82) is 0 Å². The zero-order valence-corrected chi connectivity index (χ0v) is 21.2. The number of hydroxylamine groups is 2. The van der Waals surface area contributed by atoms with Gasteiger partial charge in [-0.05, 0) is 66.8 Å². The van der Waals surface area contributed by atoms with Crippen LogP contribution < -0.4 is 10.6 Å². The number of amides is 2. The maximum atomic E-state index is 14.7. The Hall–Kier alpha value is -2.91. The quantitative estimate of drug-likeness (QED) is 0.156. The number of anilines is 2. The fourth-order valence-electron chi connectivity index (χ4n) is 2.66. The molecule has 0 bridgehead atoms. The number of carbonyl (C=O) groups is 2. The maximum Gasteiger partial charge on any atom is 0.285 e. The van der Waals surface area contributed by atoms with Crippen molar-refractivity contribution in [3.05, 3.63) is 56.9 Å². The molecule has 0 aliphatic carbocycles. The number of benzene rings is 2. The lowest BCUT2D eigenvalue weighted by molar-refractivity contribution is -0.132. The zero-order chi connectivity index (χ0) is 26.2. The third-order valence-corrected chi connectivity index (χ3v) is 5.20. The summed E-state index contributed by atoms with van der Waals surface area (Å²) in [4.78, 5) is 35.1. The van der Waals surface area contributed by atoms with E-state index < -0.39 is 46.6 Å². The molecule has 35 heavy (non-hydrogen) atoms. The number of nitrogens with one attached hydrogen (secondary N) is 2. The van der Waals surface area contributed by atoms with Crippen LogP contribution in [0.2, 0.25) is 0 Å². The average Bonchev–Trinajstić information content (AvgIpc) is 2.82. The molecule has 0 saturated heterocycles. The van der Waals surface area contributed by atoms with Gasteiger partial charge < -0.3 is 20.6 Å². The molecule has 2 aromatic rings. The summed E-state index contributed by atoms with van der Waals surface area (Å²) in [7, 11) is 1.46. The van der Waals surface area contributed by atoms with Crippen molar-refractivity contribution < 1.29 is 37.5 Å². The lowest BCUT2D eigenvalue weighted by atomic mass is 9.94. The Morgan fingerprint density at radius 3 is 2.54 bits per heavy atom. The summed E-state index contributed by atoms with van der Waals surface area (Å²) in [5.41, 5.74) is -2.19. The van der Waals surface area contributed by atoms with Crippen molar-refractivity contribution in [2.24, 2.45) is 10.6 Å². The molecule has 0 heterocycles. The van der Waals surface area contributed by atoms with Gasteiger partial charge in [0.25, 0.3) is 5.91 Å². The van der Waals surface area contributed by atoms with Gasteiger partial charge in [-0.3, -0.25) is 14.4 Å². The summed E-state index contributed by atoms with van der Waals surface area (Å²) in [6, 6.07) is 5.71. The monoisotopic (exact) mass is 608 g/mol. The molecule has 190 valence electrons. The van der Waals surface area contributed by atoms with E-state index in [1.54, 1.807) is 13.8 Å². The summed E-state index contributed by atoms with van der Waals surface area (Å²) in [6.07, 6.45) is 0.800. The van der Waals surface area contributed by atoms with Crippen LogP contribution in [0.25, 0.3) is 0 Å². The van der Waals surface area contributed by atoms with E-state index in [0.29, 0.717) is 8.63 Å². The standard InChI is InChI=1S/C22H24F3IN4O5/c1-22(2,21(33)27-3)11-34-28-12-30(35-9-8-31)20(32)14-5-6-15(23)18(25)19(14)29-17-7-4-13(26)10-16(17)24/h4-7,10,12,29,31H,8-9,11H2,1-3H3,(H,27,33). The van der Waals surface area contributed by atoms with Gasteiger partial charge in [0, 0.05) is 10.6 Å². The van der Waals surface area contributed by atoms with E-state index >= 15 is 0 Å². The molecule has 9 nitrogen and oxygen atoms in total. The number of aliphatic hydroxyl groups excluding tert-OH is 1. The number of aliphatic hydroxyl groups is 1. The van der Waals surface area contributed by atoms with Gasteiger partial charge in [0.05, 0.1) is 35.6 Å². The third-order valence-electron chi connectivity index (χ3n) is 4.53. The van der Waals surface area contributed by atoms with Crippen LogP contribution in [0.5, 0.6) is 0 Å². The molecule has 0 unspecified atom stereocenters. The van der Waals surface area contributed by atoms with Crippen molar-refractivity contribution in [3.8, 4) is 0 Å². The highest BCUT2D eigenvalue weighted by Gasteiger charge is 2.28. The Morgan fingerprint density at radius 2 is 1.91 bits per heavy atom. The van der Waals surface area contributed by atoms with Crippen molar-refractivity contribution in [2.45, 2.75) is 13.8 Å². The van der Waals surface area contributed by atoms with Crippen molar-refractivity contribution in [2.75, 3.05) is 32.2 Å². The van der Waals surface area contributed by atoms with Gasteiger partial charge in [-0.1, -0.05) is 5.16 Å². The normalized spacial score (nSPS) is 11.4. The second-order valence-corrected chi connectivity index (χ2v) is 8.92. The van der Waals surface area contributed by atoms with Crippen LogP contribution in [0.3, 0.4) is 0 Å². The summed E-state index contributed by atoms with van der Waals surface area (Å²) in [5.74, 6) is -4.77. The highest BCUT2D eigenvalue weighted by Crippen LogP contribution is 2.29. The third kappa shape index (κ3) is 7.53. The Kier molecular flexibility index (Phi) is 10.3. The molecular formula is C22H24F3IN4O5. The van der Waals surface area contributed by atoms with Gasteiger partial charge in [0.2, 0.25) is 5.91 Å². The average molecular weight is 608 g/mol. The van der Waals surface area contributed by atoms with E-state index in [9.17, 15) is 22.8 Å². The van der Waals surface area contributed by atoms with Crippen LogP contribution in [0, 0.1) is 26.4 Å². The molecular weight excluding hydrogens is 584 g/mol. The zero-order valence-electron chi connectivity index (χ0n) is 19.1. The van der Waals surface area contributed by atoms with Crippen molar-refractivity contribution in [3.63, 3.8) is 0 Å². The fraction of sp³-hybridized carbons (Fsp3) is 0.318. The van der Waals surface area contributed by atoms with Gasteiger partial charge in [-0.2, -0.15) is 5.06 Å². The number of oxime groups is 1. The van der Waals surface area contributed by atoms with E-state index in [4.69, 9.17) is 14.8 Å². The summed E-state index contributed by atoms with van der Waals surface area (Å²) in [5, 5.41) is 18.1. The minimum Gasteiger partial charge on any atom is -0.394 e. The maximum absolute atomic E-state index is 14.7. The van der Waals surface area contributed by atoms with Crippen LogP contribution in [0.4, 0.5) is 24.5 Å². The van der Waals surface area contributed by atoms with Gasteiger partial charge in [-0.15, -0.1) is 0 Å². The van der Waals surface area contributed by atoms with Gasteiger partial charge in [0.15, 0.2) is 18.0 Å². The van der Waals surface area contributed by atoms with Gasteiger partial charge in [0.1, 0.15) is 12.4 Å². The molecule has 0 saturated carbocycles. The van der Waals surface area contributed by atoms with Crippen LogP contribution in [0.15, 0.2) is 35.5 Å². The molecule has 0 aliphatic rings. The first-order chi connectivity index (χ1) is 16.5. The lowest BCUT2D eigenvalue weighted by Gasteiger charge is -2.21. The molecule has 0 aliphatic heterocycles. The van der Waals surface area contributed by atoms with Crippen LogP contribution in [-0.2, 0) is 14.5 Å². The number of rotatable bonds is 11. The molecule has 0 atom stereocenters. The van der Waals surface area contributed by atoms with Crippen LogP contribution in [0.1, 0.15) is 24.2 Å². The van der Waals surface area contributed by atoms with Crippen LogP contribution >= 0.6 is 22.6 Å². The SMILES string of the molecule is CNC(=O)C(C)(C)CON=CN(OCCO)C(=O)c1ccc(F)c(F)c1Nc1ccc(I)cc1F. The number of hydrogen-bond acceptors (Lipinski definition) is 7. The van der Waals surface area contributed by atoms with E-state index in [0.717, 1.165) is 18.5 Å². The number of hydrogen-bond donors (Lipinski definition) is 3. The van der Waals surface area contributed by atoms with Gasteiger partial charge in [-0.25, -0.2) is 13.2 Å². The summed E-state index contributed by atoms with van der Waals surface area (Å²) in [6.45, 7) is 2.24. The Labute approximate surface area is 213 Å². The Morgan fingerprint density at radius 1 is 1.20 bits per heavy atom. The highest BCUT2D eigenvalue weighted by molar-refractivity contribution is 14.1. The van der Waals surface area contributed by atoms with Crippen LogP contribution in [-0.4, -0.2) is 55.2 Å². The van der Waals surface area contributed by atoms with E-state index in [-0.39, 0.29) is 24.8 Å². The molecule has 2 aromatic carbocycles. The molecule has 0 fully saturated rings. The Balaban J connectivity index is 2.34. The second-order valence-electron chi connectivity index (χ2n) is 7.68. The molecule has 0 spiro atoms. The van der Waals surface area contributed by atoms with Crippen molar-refractivity contribution in [1.82, 2.24) is 10.4 Å². The van der Waals surface area contributed by atoms with Crippen molar-refractivity contribution >= 4 is 52.1 Å². The first-order valence-corrected chi connectivity index (χ1v) is 11.2. The highest BCUT2D eigenvalue weighted by atomic mass is 127. The Bertz CT molecular complexity index is 1100. The molecule has 13 heteroatoms. The molecule has 2 rings (SSSR count). The fourth-order valence-corrected chi connectivity index (χ4v) is 3.11. The second kappa shape index (κ2) is 12.7. The van der Waals surface area contributed by atoms with E-state index in [1.165, 1.54) is 25.2 Å². The first kappa shape index (κ1) is 28.3. The minimum atomic E-state index is -1.42. The lowest BCUT2D eigenvalue weighted by Crippen LogP contribution is -2.37. The largest absolute Gasteiger partial charge is 0.394 e. The molecule has 0 radical (unpaired) electrons. The summed E-state index contributed by atoms with van der Waals surface area (Å²) < 4.78 is 43.5. The van der Waals surface area contributed by atoms with Gasteiger partial charge >= 0.3 is 0 Å². The number of carbonyl (C=O) groups excluding carboxylic acids is 2. The smallest absolute Gasteiger partial charge is 0.285 e. The predicted octanol–water partition coefficient (Wildman–Crippen LogP) is 3.55. The topological polar surface area (TPSA) is 112 Å². The first-order valence-electron chi connectivity index (χ1n) is 10.2. The predicted molar refractivity (Wildman–Crippen MR) is 130 cm³/mol. The molecule has 3 N–H and O–H groups in total.